The molecule has 1 rings (SSSR count). The maximum atomic E-state index is 11.1. The fourth-order valence-electron chi connectivity index (χ4n) is 2.34. The standard InChI is InChI=1S/C17H23O4/c1-3-5-6-12(4-2)7-8-13-9-10-14(16(18)19)15(11-13)17(20)21/h8-12H,3-7H2,1-2H3,(H,18,19)(H,20,21). The van der Waals surface area contributed by atoms with Crippen molar-refractivity contribution in [3.8, 4) is 0 Å². The molecule has 1 unspecified atom stereocenters. The molecular formula is C17H23O4. The molecule has 0 bridgehead atoms. The van der Waals surface area contributed by atoms with Crippen LogP contribution in [-0.2, 0) is 0 Å². The molecule has 0 aliphatic rings. The van der Waals surface area contributed by atoms with Crippen LogP contribution in [-0.4, -0.2) is 22.2 Å². The lowest BCUT2D eigenvalue weighted by Gasteiger charge is -2.14. The summed E-state index contributed by atoms with van der Waals surface area (Å²) < 4.78 is 0. The van der Waals surface area contributed by atoms with E-state index in [1.54, 1.807) is 6.07 Å². The third kappa shape index (κ3) is 5.21. The van der Waals surface area contributed by atoms with Gasteiger partial charge in [-0.25, -0.2) is 9.59 Å². The second kappa shape index (κ2) is 8.45. The second-order valence-corrected chi connectivity index (χ2v) is 5.27. The largest absolute Gasteiger partial charge is 0.478 e. The van der Waals surface area contributed by atoms with E-state index < -0.39 is 11.9 Å². The summed E-state index contributed by atoms with van der Waals surface area (Å²) in [6.07, 6.45) is 7.53. The maximum absolute atomic E-state index is 11.1. The van der Waals surface area contributed by atoms with Gasteiger partial charge in [0, 0.05) is 0 Å². The summed E-state index contributed by atoms with van der Waals surface area (Å²) in [7, 11) is 0. The van der Waals surface area contributed by atoms with Gasteiger partial charge < -0.3 is 10.2 Å². The fourth-order valence-corrected chi connectivity index (χ4v) is 2.34. The zero-order chi connectivity index (χ0) is 15.8. The zero-order valence-corrected chi connectivity index (χ0v) is 12.6. The first-order chi connectivity index (χ1) is 9.99. The Morgan fingerprint density at radius 2 is 1.81 bits per heavy atom. The summed E-state index contributed by atoms with van der Waals surface area (Å²) in [5, 5.41) is 18.1. The molecular weight excluding hydrogens is 268 g/mol. The predicted molar refractivity (Wildman–Crippen MR) is 81.7 cm³/mol. The molecule has 0 spiro atoms. The molecule has 1 aromatic rings. The number of aromatic carboxylic acids is 2. The Morgan fingerprint density at radius 3 is 2.33 bits per heavy atom. The van der Waals surface area contributed by atoms with Crippen LogP contribution < -0.4 is 0 Å². The van der Waals surface area contributed by atoms with E-state index in [-0.39, 0.29) is 11.1 Å². The van der Waals surface area contributed by atoms with Crippen LogP contribution in [0.3, 0.4) is 0 Å². The quantitative estimate of drug-likeness (QED) is 0.713. The van der Waals surface area contributed by atoms with Crippen LogP contribution in [0.5, 0.6) is 0 Å². The number of hydrogen-bond donors (Lipinski definition) is 2. The van der Waals surface area contributed by atoms with Crippen molar-refractivity contribution in [2.24, 2.45) is 5.92 Å². The number of carbonyl (C=O) groups is 2. The summed E-state index contributed by atoms with van der Waals surface area (Å²) >= 11 is 0. The van der Waals surface area contributed by atoms with Gasteiger partial charge in [-0.3, -0.25) is 0 Å². The van der Waals surface area contributed by atoms with Gasteiger partial charge >= 0.3 is 11.9 Å². The third-order valence-corrected chi connectivity index (χ3v) is 3.73. The van der Waals surface area contributed by atoms with Gasteiger partial charge in [-0.2, -0.15) is 0 Å². The van der Waals surface area contributed by atoms with Crippen LogP contribution in [0.2, 0.25) is 0 Å². The summed E-state index contributed by atoms with van der Waals surface area (Å²) in [5.41, 5.74) is 0.447. The Morgan fingerprint density at radius 1 is 1.14 bits per heavy atom. The van der Waals surface area contributed by atoms with Crippen LogP contribution in [0.15, 0.2) is 18.2 Å². The summed E-state index contributed by atoms with van der Waals surface area (Å²) in [4.78, 5) is 22.1. The molecule has 4 nitrogen and oxygen atoms in total. The highest BCUT2D eigenvalue weighted by atomic mass is 16.4. The van der Waals surface area contributed by atoms with Gasteiger partial charge in [0.2, 0.25) is 0 Å². The first-order valence-electron chi connectivity index (χ1n) is 7.43. The molecule has 2 N–H and O–H groups in total. The molecule has 4 heteroatoms. The van der Waals surface area contributed by atoms with E-state index >= 15 is 0 Å². The maximum Gasteiger partial charge on any atom is 0.336 e. The first kappa shape index (κ1) is 17.2. The monoisotopic (exact) mass is 291 g/mol. The summed E-state index contributed by atoms with van der Waals surface area (Å²) in [6, 6.07) is 4.48. The van der Waals surface area contributed by atoms with Crippen molar-refractivity contribution in [1.29, 1.82) is 0 Å². The van der Waals surface area contributed by atoms with Gasteiger partial charge in [-0.05, 0) is 36.5 Å². The lowest BCUT2D eigenvalue weighted by molar-refractivity contribution is 0.0651. The Balaban J connectivity index is 2.78. The van der Waals surface area contributed by atoms with Gasteiger partial charge in [-0.1, -0.05) is 45.6 Å². The molecule has 0 fully saturated rings. The smallest absolute Gasteiger partial charge is 0.336 e. The van der Waals surface area contributed by atoms with E-state index in [0.717, 1.165) is 18.4 Å². The number of unbranched alkanes of at least 4 members (excludes halogenated alkanes) is 1. The Bertz CT molecular complexity index is 494. The minimum atomic E-state index is -1.21. The van der Waals surface area contributed by atoms with Crippen LogP contribution in [0.4, 0.5) is 0 Å². The lowest BCUT2D eigenvalue weighted by Crippen LogP contribution is -2.09. The normalized spacial score (nSPS) is 12.1. The number of benzene rings is 1. The Kier molecular flexibility index (Phi) is 6.92. The van der Waals surface area contributed by atoms with E-state index in [4.69, 9.17) is 10.2 Å². The topological polar surface area (TPSA) is 74.6 Å². The van der Waals surface area contributed by atoms with Crippen molar-refractivity contribution in [2.75, 3.05) is 0 Å². The average molecular weight is 291 g/mol. The van der Waals surface area contributed by atoms with Crippen LogP contribution in [0.1, 0.15) is 72.2 Å². The fraction of sp³-hybridized carbons (Fsp3) is 0.471. The molecule has 0 heterocycles. The second-order valence-electron chi connectivity index (χ2n) is 5.27. The SMILES string of the molecule is CCCCC(CC)C[CH]c1ccc(C(=O)O)c(C(=O)O)c1. The van der Waals surface area contributed by atoms with E-state index in [1.807, 2.05) is 6.42 Å². The Labute approximate surface area is 125 Å². The van der Waals surface area contributed by atoms with Gasteiger partial charge in [0.25, 0.3) is 0 Å². The highest BCUT2D eigenvalue weighted by Crippen LogP contribution is 2.22. The Hall–Kier alpha value is -1.84. The highest BCUT2D eigenvalue weighted by Gasteiger charge is 2.16. The third-order valence-electron chi connectivity index (χ3n) is 3.73. The minimum absolute atomic E-state index is 0.155. The number of rotatable bonds is 9. The predicted octanol–water partition coefficient (Wildman–Crippen LogP) is 4.24. The number of carboxylic acids is 2. The number of hydrogen-bond acceptors (Lipinski definition) is 2. The van der Waals surface area contributed by atoms with E-state index in [9.17, 15) is 9.59 Å². The van der Waals surface area contributed by atoms with Crippen molar-refractivity contribution in [1.82, 2.24) is 0 Å². The van der Waals surface area contributed by atoms with Gasteiger partial charge in [0.05, 0.1) is 11.1 Å². The van der Waals surface area contributed by atoms with Crippen LogP contribution in [0, 0.1) is 12.3 Å². The molecule has 1 atom stereocenters. The molecule has 0 aliphatic carbocycles. The van der Waals surface area contributed by atoms with Crippen molar-refractivity contribution in [2.45, 2.75) is 46.0 Å². The van der Waals surface area contributed by atoms with Gasteiger partial charge in [0.15, 0.2) is 0 Å². The van der Waals surface area contributed by atoms with Crippen LogP contribution in [0.25, 0.3) is 0 Å². The van der Waals surface area contributed by atoms with Crippen molar-refractivity contribution >= 4 is 11.9 Å². The lowest BCUT2D eigenvalue weighted by atomic mass is 9.91. The molecule has 0 amide bonds. The molecule has 0 aliphatic heterocycles. The van der Waals surface area contributed by atoms with Gasteiger partial charge in [-0.15, -0.1) is 0 Å². The van der Waals surface area contributed by atoms with Crippen molar-refractivity contribution in [3.05, 3.63) is 41.3 Å². The molecule has 1 radical (unpaired) electrons. The molecule has 0 aromatic heterocycles. The number of carboxylic acid groups (broad SMARTS) is 2. The molecule has 115 valence electrons. The minimum Gasteiger partial charge on any atom is -0.478 e. The molecule has 0 saturated heterocycles. The zero-order valence-electron chi connectivity index (χ0n) is 12.6. The van der Waals surface area contributed by atoms with Crippen LogP contribution >= 0.6 is 0 Å². The van der Waals surface area contributed by atoms with E-state index in [0.29, 0.717) is 5.92 Å². The highest BCUT2D eigenvalue weighted by molar-refractivity contribution is 6.01. The average Bonchev–Trinajstić information content (AvgIpc) is 2.47. The summed E-state index contributed by atoms with van der Waals surface area (Å²) in [5.74, 6) is -1.83. The van der Waals surface area contributed by atoms with E-state index in [2.05, 4.69) is 13.8 Å². The molecule has 1 aromatic carbocycles. The molecule has 21 heavy (non-hydrogen) atoms. The van der Waals surface area contributed by atoms with Gasteiger partial charge in [0.1, 0.15) is 0 Å². The van der Waals surface area contributed by atoms with E-state index in [1.165, 1.54) is 31.4 Å². The van der Waals surface area contributed by atoms with Crippen molar-refractivity contribution < 1.29 is 19.8 Å². The summed E-state index contributed by atoms with van der Waals surface area (Å²) in [6.45, 7) is 4.32. The van der Waals surface area contributed by atoms with Crippen molar-refractivity contribution in [3.63, 3.8) is 0 Å². The molecule has 0 saturated carbocycles. The first-order valence-corrected chi connectivity index (χ1v) is 7.43.